The summed E-state index contributed by atoms with van der Waals surface area (Å²) in [7, 11) is 0. The highest BCUT2D eigenvalue weighted by Gasteiger charge is 2.61. The second kappa shape index (κ2) is 5.15. The van der Waals surface area contributed by atoms with E-state index in [1.807, 2.05) is 4.90 Å². The molecule has 3 aliphatic rings. The van der Waals surface area contributed by atoms with Crippen LogP contribution in [0.2, 0.25) is 0 Å². The number of carbonyl (C=O) groups is 1. The van der Waals surface area contributed by atoms with Crippen LogP contribution in [-0.4, -0.2) is 41.8 Å². The van der Waals surface area contributed by atoms with Crippen molar-refractivity contribution in [2.24, 2.45) is 22.7 Å². The number of nitrogens with zero attached hydrogens (tertiary/aromatic N) is 1. The highest BCUT2D eigenvalue weighted by molar-refractivity contribution is 5.75. The molecule has 0 aromatic heterocycles. The van der Waals surface area contributed by atoms with Gasteiger partial charge in [0.2, 0.25) is 0 Å². The Kier molecular flexibility index (Phi) is 3.71. The molecule has 0 aromatic carbocycles. The molecule has 120 valence electrons. The summed E-state index contributed by atoms with van der Waals surface area (Å²) in [6, 6.07) is 0.399. The van der Waals surface area contributed by atoms with Crippen LogP contribution in [-0.2, 0) is 0 Å². The standard InChI is InChI=1S/C17H30N2O2/c1-16(2)13-6-7-17(16,3)14(9-13)18-15(21)19-8-4-5-12(10-19)11-20/h12-14,20H,4-11H2,1-3H3,(H,18,21)/t12-,13-,14+,17-/m0/s1. The average Bonchev–Trinajstić information content (AvgIpc) is 2.80. The van der Waals surface area contributed by atoms with E-state index in [0.717, 1.165) is 31.7 Å². The zero-order valence-corrected chi connectivity index (χ0v) is 13.7. The Morgan fingerprint density at radius 1 is 1.33 bits per heavy atom. The molecule has 0 spiro atoms. The molecule has 21 heavy (non-hydrogen) atoms. The largest absolute Gasteiger partial charge is 0.396 e. The highest BCUT2D eigenvalue weighted by Crippen LogP contribution is 2.65. The number of likely N-dealkylation sites (tertiary alicyclic amines) is 1. The minimum Gasteiger partial charge on any atom is -0.396 e. The number of fused-ring (bicyclic) bond motifs is 2. The van der Waals surface area contributed by atoms with Gasteiger partial charge in [-0.3, -0.25) is 0 Å². The molecule has 4 nitrogen and oxygen atoms in total. The highest BCUT2D eigenvalue weighted by atomic mass is 16.3. The van der Waals surface area contributed by atoms with Crippen LogP contribution in [0, 0.1) is 22.7 Å². The lowest BCUT2D eigenvalue weighted by atomic mass is 9.69. The molecule has 0 unspecified atom stereocenters. The van der Waals surface area contributed by atoms with E-state index >= 15 is 0 Å². The maximum atomic E-state index is 12.6. The molecular formula is C17H30N2O2. The lowest BCUT2D eigenvalue weighted by molar-refractivity contribution is 0.105. The van der Waals surface area contributed by atoms with Crippen LogP contribution in [0.15, 0.2) is 0 Å². The van der Waals surface area contributed by atoms with Crippen molar-refractivity contribution in [3.05, 3.63) is 0 Å². The number of rotatable bonds is 2. The van der Waals surface area contributed by atoms with Crippen LogP contribution in [0.25, 0.3) is 0 Å². The maximum Gasteiger partial charge on any atom is 0.317 e. The Balaban J connectivity index is 1.64. The van der Waals surface area contributed by atoms with E-state index < -0.39 is 0 Å². The number of aliphatic hydroxyl groups excluding tert-OH is 1. The molecule has 1 heterocycles. The van der Waals surface area contributed by atoms with Crippen molar-refractivity contribution in [3.8, 4) is 0 Å². The smallest absolute Gasteiger partial charge is 0.317 e. The quantitative estimate of drug-likeness (QED) is 0.822. The summed E-state index contributed by atoms with van der Waals surface area (Å²) in [5, 5.41) is 12.6. The van der Waals surface area contributed by atoms with Crippen LogP contribution < -0.4 is 5.32 Å². The first-order valence-electron chi connectivity index (χ1n) is 8.55. The monoisotopic (exact) mass is 294 g/mol. The van der Waals surface area contributed by atoms with E-state index in [9.17, 15) is 9.90 Å². The SMILES string of the molecule is CC1(C)[C@H]2CC[C@@]1(C)[C@H](NC(=O)N1CCC[C@H](CO)C1)C2. The minimum absolute atomic E-state index is 0.0859. The Bertz CT molecular complexity index is 423. The molecule has 4 heteroatoms. The van der Waals surface area contributed by atoms with Crippen molar-refractivity contribution in [2.75, 3.05) is 19.7 Å². The lowest BCUT2D eigenvalue weighted by Gasteiger charge is -2.41. The van der Waals surface area contributed by atoms with E-state index in [0.29, 0.717) is 18.0 Å². The van der Waals surface area contributed by atoms with Gasteiger partial charge in [0.1, 0.15) is 0 Å². The molecule has 2 saturated carbocycles. The van der Waals surface area contributed by atoms with E-state index in [-0.39, 0.29) is 24.0 Å². The molecule has 3 fully saturated rings. The van der Waals surface area contributed by atoms with Gasteiger partial charge < -0.3 is 15.3 Å². The first-order chi connectivity index (χ1) is 9.88. The minimum atomic E-state index is 0.0859. The van der Waals surface area contributed by atoms with Crippen molar-refractivity contribution < 1.29 is 9.90 Å². The van der Waals surface area contributed by atoms with Crippen LogP contribution in [0.4, 0.5) is 4.79 Å². The molecule has 0 aromatic rings. The molecule has 2 amide bonds. The summed E-state index contributed by atoms with van der Waals surface area (Å²) in [4.78, 5) is 14.5. The normalized spacial score (nSPS) is 41.3. The molecular weight excluding hydrogens is 264 g/mol. The second-order valence-corrected chi connectivity index (χ2v) is 8.25. The maximum absolute atomic E-state index is 12.6. The van der Waals surface area contributed by atoms with Crippen LogP contribution in [0.5, 0.6) is 0 Å². The van der Waals surface area contributed by atoms with E-state index in [1.165, 1.54) is 12.8 Å². The van der Waals surface area contributed by atoms with E-state index in [1.54, 1.807) is 0 Å². The van der Waals surface area contributed by atoms with Gasteiger partial charge in [0, 0.05) is 25.7 Å². The molecule has 4 atom stereocenters. The number of piperidine rings is 1. The summed E-state index contributed by atoms with van der Waals surface area (Å²) in [6.07, 6.45) is 5.72. The third kappa shape index (κ3) is 2.26. The predicted octanol–water partition coefficient (Wildman–Crippen LogP) is 2.62. The van der Waals surface area contributed by atoms with E-state index in [2.05, 4.69) is 26.1 Å². The molecule has 1 saturated heterocycles. The van der Waals surface area contributed by atoms with Gasteiger partial charge in [-0.05, 0) is 54.8 Å². The summed E-state index contributed by atoms with van der Waals surface area (Å²) in [5.74, 6) is 1.01. The fraction of sp³-hybridized carbons (Fsp3) is 0.941. The first kappa shape index (κ1) is 15.1. The zero-order chi connectivity index (χ0) is 15.3. The Morgan fingerprint density at radius 3 is 2.67 bits per heavy atom. The zero-order valence-electron chi connectivity index (χ0n) is 13.7. The summed E-state index contributed by atoms with van der Waals surface area (Å²) >= 11 is 0. The van der Waals surface area contributed by atoms with Gasteiger partial charge in [0.05, 0.1) is 0 Å². The predicted molar refractivity (Wildman–Crippen MR) is 82.9 cm³/mol. The Morgan fingerprint density at radius 2 is 2.10 bits per heavy atom. The molecule has 0 radical (unpaired) electrons. The Labute approximate surface area is 128 Å². The lowest BCUT2D eigenvalue weighted by Crippen LogP contribution is -2.53. The summed E-state index contributed by atoms with van der Waals surface area (Å²) in [5.41, 5.74) is 0.569. The molecule has 2 N–H and O–H groups in total. The first-order valence-corrected chi connectivity index (χ1v) is 8.55. The number of hydrogen-bond acceptors (Lipinski definition) is 2. The molecule has 2 bridgehead atoms. The van der Waals surface area contributed by atoms with Gasteiger partial charge in [0.25, 0.3) is 0 Å². The topological polar surface area (TPSA) is 52.6 Å². The van der Waals surface area contributed by atoms with Crippen molar-refractivity contribution in [1.29, 1.82) is 0 Å². The summed E-state index contributed by atoms with van der Waals surface area (Å²) in [6.45, 7) is 8.84. The number of amides is 2. The molecule has 2 aliphatic carbocycles. The number of carbonyl (C=O) groups excluding carboxylic acids is 1. The van der Waals surface area contributed by atoms with Gasteiger partial charge in [-0.1, -0.05) is 20.8 Å². The second-order valence-electron chi connectivity index (χ2n) is 8.25. The third-order valence-electron chi connectivity index (χ3n) is 7.16. The van der Waals surface area contributed by atoms with E-state index in [4.69, 9.17) is 0 Å². The van der Waals surface area contributed by atoms with Crippen molar-refractivity contribution >= 4 is 6.03 Å². The van der Waals surface area contributed by atoms with Gasteiger partial charge in [0.15, 0.2) is 0 Å². The van der Waals surface area contributed by atoms with Gasteiger partial charge in [-0.25, -0.2) is 4.79 Å². The average molecular weight is 294 g/mol. The van der Waals surface area contributed by atoms with Crippen LogP contribution >= 0.6 is 0 Å². The molecule has 3 rings (SSSR count). The fourth-order valence-corrected chi connectivity index (χ4v) is 5.06. The van der Waals surface area contributed by atoms with Gasteiger partial charge in [-0.15, -0.1) is 0 Å². The third-order valence-corrected chi connectivity index (χ3v) is 7.16. The van der Waals surface area contributed by atoms with Crippen LogP contribution in [0.1, 0.15) is 52.9 Å². The van der Waals surface area contributed by atoms with Crippen LogP contribution in [0.3, 0.4) is 0 Å². The van der Waals surface area contributed by atoms with Crippen molar-refractivity contribution in [2.45, 2.75) is 58.9 Å². The van der Waals surface area contributed by atoms with Gasteiger partial charge in [-0.2, -0.15) is 0 Å². The fourth-order valence-electron chi connectivity index (χ4n) is 5.06. The van der Waals surface area contributed by atoms with Gasteiger partial charge >= 0.3 is 6.03 Å². The van der Waals surface area contributed by atoms with Crippen molar-refractivity contribution in [3.63, 3.8) is 0 Å². The molecule has 1 aliphatic heterocycles. The van der Waals surface area contributed by atoms with Crippen molar-refractivity contribution in [1.82, 2.24) is 10.2 Å². The number of hydrogen-bond donors (Lipinski definition) is 2. The summed E-state index contributed by atoms with van der Waals surface area (Å²) < 4.78 is 0. The number of urea groups is 1. The number of aliphatic hydroxyl groups is 1. The number of nitrogens with one attached hydrogen (secondary N) is 1. The Hall–Kier alpha value is -0.770.